The summed E-state index contributed by atoms with van der Waals surface area (Å²) in [7, 11) is 0. The summed E-state index contributed by atoms with van der Waals surface area (Å²) in [6, 6.07) is 0. The number of carbonyl (C=O) groups is 2. The van der Waals surface area contributed by atoms with Crippen LogP contribution in [0.5, 0.6) is 0 Å². The fourth-order valence-electron chi connectivity index (χ4n) is 1.98. The molecule has 1 aliphatic rings. The smallest absolute Gasteiger partial charge is 0.261 e. The highest BCUT2D eigenvalue weighted by Gasteiger charge is 2.28. The van der Waals surface area contributed by atoms with Crippen LogP contribution in [0.3, 0.4) is 0 Å². The van der Waals surface area contributed by atoms with Crippen molar-refractivity contribution >= 4 is 11.7 Å². The molecular weight excluding hydrogens is 244 g/mol. The molecule has 1 amide bonds. The third-order valence-corrected chi connectivity index (χ3v) is 3.07. The number of alkyl halides is 2. The Hall–Kier alpha value is -1.04. The lowest BCUT2D eigenvalue weighted by Crippen LogP contribution is -2.44. The van der Waals surface area contributed by atoms with Crippen molar-refractivity contribution in [2.45, 2.75) is 32.6 Å². The standard InChI is InChI=1S/C12H19F2NO3/c1-2-9-7-15(5-3-10(9)16)12(17)4-6-18-8-11(13)14/h9,11H,2-8H2,1H3. The first-order valence-corrected chi connectivity index (χ1v) is 6.21. The van der Waals surface area contributed by atoms with Crippen LogP contribution in [0.15, 0.2) is 0 Å². The Balaban J connectivity index is 2.27. The first-order valence-electron chi connectivity index (χ1n) is 6.21. The van der Waals surface area contributed by atoms with Gasteiger partial charge in [0.1, 0.15) is 12.4 Å². The second kappa shape index (κ2) is 7.41. The molecule has 18 heavy (non-hydrogen) atoms. The van der Waals surface area contributed by atoms with Gasteiger partial charge < -0.3 is 9.64 Å². The molecule has 0 aromatic carbocycles. The largest absolute Gasteiger partial charge is 0.375 e. The van der Waals surface area contributed by atoms with E-state index >= 15 is 0 Å². The van der Waals surface area contributed by atoms with Gasteiger partial charge in [-0.3, -0.25) is 9.59 Å². The second-order valence-electron chi connectivity index (χ2n) is 4.38. The van der Waals surface area contributed by atoms with Gasteiger partial charge in [-0.1, -0.05) is 6.92 Å². The molecule has 1 heterocycles. The van der Waals surface area contributed by atoms with Crippen LogP contribution in [-0.4, -0.2) is 49.3 Å². The molecule has 1 rings (SSSR count). The molecule has 0 saturated carbocycles. The Morgan fingerprint density at radius 3 is 2.89 bits per heavy atom. The van der Waals surface area contributed by atoms with Gasteiger partial charge >= 0.3 is 0 Å². The van der Waals surface area contributed by atoms with Crippen molar-refractivity contribution in [3.05, 3.63) is 0 Å². The molecule has 1 atom stereocenters. The molecule has 1 saturated heterocycles. The zero-order valence-electron chi connectivity index (χ0n) is 10.5. The maximum atomic E-state index is 11.8. The molecule has 1 aliphatic heterocycles. The van der Waals surface area contributed by atoms with Gasteiger partial charge in [-0.05, 0) is 6.42 Å². The monoisotopic (exact) mass is 263 g/mol. The molecule has 1 unspecified atom stereocenters. The third kappa shape index (κ3) is 4.68. The molecule has 104 valence electrons. The second-order valence-corrected chi connectivity index (χ2v) is 4.38. The molecule has 0 aromatic rings. The topological polar surface area (TPSA) is 46.6 Å². The molecule has 1 fully saturated rings. The minimum atomic E-state index is -2.50. The molecule has 0 aliphatic carbocycles. The number of carbonyl (C=O) groups excluding carboxylic acids is 2. The van der Waals surface area contributed by atoms with E-state index < -0.39 is 13.0 Å². The summed E-state index contributed by atoms with van der Waals surface area (Å²) in [5.74, 6) is -0.00426. The average Bonchev–Trinajstić information content (AvgIpc) is 2.34. The Labute approximate surface area is 105 Å². The lowest BCUT2D eigenvalue weighted by Gasteiger charge is -2.31. The lowest BCUT2D eigenvalue weighted by atomic mass is 9.94. The molecule has 0 aromatic heterocycles. The number of ketones is 1. The van der Waals surface area contributed by atoms with Crippen molar-refractivity contribution < 1.29 is 23.1 Å². The molecule has 0 radical (unpaired) electrons. The maximum absolute atomic E-state index is 11.8. The van der Waals surface area contributed by atoms with Crippen molar-refractivity contribution in [1.82, 2.24) is 4.90 Å². The molecule has 6 heteroatoms. The summed E-state index contributed by atoms with van der Waals surface area (Å²) in [6.45, 7) is 2.17. The van der Waals surface area contributed by atoms with Crippen LogP contribution in [0.1, 0.15) is 26.2 Å². The first-order chi connectivity index (χ1) is 8.54. The fraction of sp³-hybridized carbons (Fsp3) is 0.833. The molecule has 0 spiro atoms. The number of ether oxygens (including phenoxy) is 1. The minimum absolute atomic E-state index is 0.00438. The molecule has 4 nitrogen and oxygen atoms in total. The Bertz CT molecular complexity index is 297. The number of rotatable bonds is 6. The van der Waals surface area contributed by atoms with Crippen molar-refractivity contribution in [3.63, 3.8) is 0 Å². The summed E-state index contributed by atoms with van der Waals surface area (Å²) in [6.07, 6.45) is -1.29. The van der Waals surface area contributed by atoms with Gasteiger partial charge in [0.25, 0.3) is 6.43 Å². The van der Waals surface area contributed by atoms with Crippen LogP contribution in [0, 0.1) is 5.92 Å². The minimum Gasteiger partial charge on any atom is -0.375 e. The van der Waals surface area contributed by atoms with Crippen molar-refractivity contribution in [2.24, 2.45) is 5.92 Å². The predicted molar refractivity (Wildman–Crippen MR) is 61.4 cm³/mol. The molecular formula is C12H19F2NO3. The maximum Gasteiger partial charge on any atom is 0.261 e. The summed E-state index contributed by atoms with van der Waals surface area (Å²) < 4.78 is 28.3. The Morgan fingerprint density at radius 1 is 1.56 bits per heavy atom. The van der Waals surface area contributed by atoms with E-state index in [9.17, 15) is 18.4 Å². The number of amides is 1. The van der Waals surface area contributed by atoms with Gasteiger partial charge in [-0.25, -0.2) is 8.78 Å². The van der Waals surface area contributed by atoms with Gasteiger partial charge in [0, 0.05) is 25.4 Å². The number of nitrogens with zero attached hydrogens (tertiary/aromatic N) is 1. The van der Waals surface area contributed by atoms with Gasteiger partial charge in [0.2, 0.25) is 5.91 Å². The zero-order chi connectivity index (χ0) is 13.5. The van der Waals surface area contributed by atoms with Gasteiger partial charge in [0.15, 0.2) is 0 Å². The summed E-state index contributed by atoms with van der Waals surface area (Å²) in [5, 5.41) is 0. The van der Waals surface area contributed by atoms with Crippen LogP contribution < -0.4 is 0 Å². The van der Waals surface area contributed by atoms with Crippen LogP contribution in [0.2, 0.25) is 0 Å². The van der Waals surface area contributed by atoms with Crippen LogP contribution in [0.25, 0.3) is 0 Å². The lowest BCUT2D eigenvalue weighted by molar-refractivity contribution is -0.138. The fourth-order valence-corrected chi connectivity index (χ4v) is 1.98. The van der Waals surface area contributed by atoms with Crippen LogP contribution in [-0.2, 0) is 14.3 Å². The summed E-state index contributed by atoms with van der Waals surface area (Å²) in [4.78, 5) is 24.9. The van der Waals surface area contributed by atoms with Crippen LogP contribution in [0.4, 0.5) is 8.78 Å². The van der Waals surface area contributed by atoms with E-state index in [1.807, 2.05) is 6.92 Å². The van der Waals surface area contributed by atoms with E-state index in [0.29, 0.717) is 19.5 Å². The van der Waals surface area contributed by atoms with E-state index in [2.05, 4.69) is 4.74 Å². The average molecular weight is 263 g/mol. The van der Waals surface area contributed by atoms with Crippen molar-refractivity contribution in [3.8, 4) is 0 Å². The predicted octanol–water partition coefficient (Wildman–Crippen LogP) is 1.49. The number of hydrogen-bond acceptors (Lipinski definition) is 3. The molecule has 0 bridgehead atoms. The first kappa shape index (κ1) is 15.0. The number of halogens is 2. The summed E-state index contributed by atoms with van der Waals surface area (Å²) >= 11 is 0. The third-order valence-electron chi connectivity index (χ3n) is 3.07. The van der Waals surface area contributed by atoms with E-state index in [-0.39, 0.29) is 30.6 Å². The highest BCUT2D eigenvalue weighted by molar-refractivity contribution is 5.85. The number of likely N-dealkylation sites (tertiary alicyclic amines) is 1. The Morgan fingerprint density at radius 2 is 2.28 bits per heavy atom. The number of piperidine rings is 1. The molecule has 0 N–H and O–H groups in total. The summed E-state index contributed by atoms with van der Waals surface area (Å²) in [5.41, 5.74) is 0. The quantitative estimate of drug-likeness (QED) is 0.682. The highest BCUT2D eigenvalue weighted by atomic mass is 19.3. The Kier molecular flexibility index (Phi) is 6.18. The number of Topliss-reactive ketones (excluding diaryl/α,β-unsaturated/α-hetero) is 1. The highest BCUT2D eigenvalue weighted by Crippen LogP contribution is 2.16. The van der Waals surface area contributed by atoms with E-state index in [1.165, 1.54) is 0 Å². The van der Waals surface area contributed by atoms with Gasteiger partial charge in [0.05, 0.1) is 13.0 Å². The van der Waals surface area contributed by atoms with Crippen molar-refractivity contribution in [1.29, 1.82) is 0 Å². The van der Waals surface area contributed by atoms with E-state index in [1.54, 1.807) is 4.90 Å². The zero-order valence-corrected chi connectivity index (χ0v) is 10.5. The number of hydrogen-bond donors (Lipinski definition) is 0. The van der Waals surface area contributed by atoms with Gasteiger partial charge in [-0.15, -0.1) is 0 Å². The normalized spacial score (nSPS) is 20.6. The van der Waals surface area contributed by atoms with E-state index in [0.717, 1.165) is 6.42 Å². The van der Waals surface area contributed by atoms with Crippen LogP contribution >= 0.6 is 0 Å². The van der Waals surface area contributed by atoms with Crippen molar-refractivity contribution in [2.75, 3.05) is 26.3 Å². The van der Waals surface area contributed by atoms with E-state index in [4.69, 9.17) is 0 Å². The van der Waals surface area contributed by atoms with Gasteiger partial charge in [-0.2, -0.15) is 0 Å². The SMILES string of the molecule is CCC1CN(C(=O)CCOCC(F)F)CCC1=O.